The van der Waals surface area contributed by atoms with E-state index in [0.717, 1.165) is 26.1 Å². The molecular weight excluding hydrogens is 192 g/mol. The van der Waals surface area contributed by atoms with Crippen LogP contribution in [0.4, 0.5) is 0 Å². The Hall–Kier alpha value is -0.940. The molecule has 0 saturated heterocycles. The normalized spacial score (nSPS) is 11.9. The summed E-state index contributed by atoms with van der Waals surface area (Å²) in [6, 6.07) is 0. The van der Waals surface area contributed by atoms with Gasteiger partial charge >= 0.3 is 0 Å². The van der Waals surface area contributed by atoms with Crippen LogP contribution in [0.3, 0.4) is 0 Å². The second-order valence-corrected chi connectivity index (χ2v) is 4.51. The molecule has 0 aliphatic heterocycles. The molecule has 1 heterocycles. The Morgan fingerprint density at radius 3 is 2.67 bits per heavy atom. The molecule has 5 heteroatoms. The van der Waals surface area contributed by atoms with E-state index >= 15 is 0 Å². The molecule has 0 spiro atoms. The number of hydrogen-bond acceptors (Lipinski definition) is 5. The van der Waals surface area contributed by atoms with E-state index < -0.39 is 0 Å². The molecule has 1 rings (SSSR count). The average molecular weight is 212 g/mol. The molecule has 0 bridgehead atoms. The Kier molecular flexibility index (Phi) is 4.71. The number of nitrogens with one attached hydrogen (secondary N) is 2. The van der Waals surface area contributed by atoms with Gasteiger partial charge in [-0.1, -0.05) is 5.16 Å². The van der Waals surface area contributed by atoms with Crippen LogP contribution in [0.5, 0.6) is 0 Å². The highest BCUT2D eigenvalue weighted by Crippen LogP contribution is 1.96. The largest absolute Gasteiger partial charge is 0.340 e. The molecule has 0 aliphatic rings. The lowest BCUT2D eigenvalue weighted by Gasteiger charge is -2.20. The van der Waals surface area contributed by atoms with E-state index in [1.807, 2.05) is 0 Å². The van der Waals surface area contributed by atoms with Gasteiger partial charge in [0.1, 0.15) is 0 Å². The first-order valence-corrected chi connectivity index (χ1v) is 5.29. The molecule has 1 aromatic heterocycles. The molecule has 0 aromatic carbocycles. The number of aromatic nitrogens is 2. The topological polar surface area (TPSA) is 63.0 Å². The van der Waals surface area contributed by atoms with Crippen molar-refractivity contribution in [3.8, 4) is 0 Å². The fourth-order valence-electron chi connectivity index (χ4n) is 1.15. The summed E-state index contributed by atoms with van der Waals surface area (Å²) in [6.45, 7) is 9.26. The lowest BCUT2D eigenvalue weighted by atomic mass is 10.1. The minimum atomic E-state index is 0.189. The summed E-state index contributed by atoms with van der Waals surface area (Å²) in [5, 5.41) is 10.3. The summed E-state index contributed by atoms with van der Waals surface area (Å²) in [6.07, 6.45) is 2.21. The van der Waals surface area contributed by atoms with Crippen LogP contribution < -0.4 is 10.6 Å². The zero-order valence-electron chi connectivity index (χ0n) is 9.71. The Morgan fingerprint density at radius 1 is 1.27 bits per heavy atom. The standard InChI is InChI=1S/C10H20N4O/c1-10(2,3)13-7-6-11-5-4-9-12-8-14-15-9/h8,11,13H,4-7H2,1-3H3. The Labute approximate surface area is 90.6 Å². The first kappa shape index (κ1) is 12.1. The summed E-state index contributed by atoms with van der Waals surface area (Å²) in [4.78, 5) is 3.94. The second-order valence-electron chi connectivity index (χ2n) is 4.51. The summed E-state index contributed by atoms with van der Waals surface area (Å²) >= 11 is 0. The third-order valence-corrected chi connectivity index (χ3v) is 1.88. The fraction of sp³-hybridized carbons (Fsp3) is 0.800. The zero-order valence-corrected chi connectivity index (χ0v) is 9.71. The molecule has 0 aliphatic carbocycles. The maximum absolute atomic E-state index is 4.88. The van der Waals surface area contributed by atoms with Crippen LogP contribution in [0.1, 0.15) is 26.7 Å². The van der Waals surface area contributed by atoms with Crippen molar-refractivity contribution in [3.05, 3.63) is 12.2 Å². The highest BCUT2D eigenvalue weighted by Gasteiger charge is 2.06. The van der Waals surface area contributed by atoms with Crippen molar-refractivity contribution < 1.29 is 4.52 Å². The van der Waals surface area contributed by atoms with Gasteiger partial charge in [0, 0.05) is 31.6 Å². The Morgan fingerprint density at radius 2 is 2.07 bits per heavy atom. The van der Waals surface area contributed by atoms with Crippen molar-refractivity contribution >= 4 is 0 Å². The molecule has 2 N–H and O–H groups in total. The molecule has 15 heavy (non-hydrogen) atoms. The summed E-state index contributed by atoms with van der Waals surface area (Å²) in [5.74, 6) is 0.686. The van der Waals surface area contributed by atoms with Crippen molar-refractivity contribution in [2.75, 3.05) is 19.6 Å². The van der Waals surface area contributed by atoms with E-state index in [2.05, 4.69) is 41.5 Å². The van der Waals surface area contributed by atoms with Crippen LogP contribution in [0.25, 0.3) is 0 Å². The van der Waals surface area contributed by atoms with Crippen LogP contribution in [0.15, 0.2) is 10.9 Å². The SMILES string of the molecule is CC(C)(C)NCCNCCc1ncno1. The smallest absolute Gasteiger partial charge is 0.227 e. The van der Waals surface area contributed by atoms with Crippen molar-refractivity contribution in [3.63, 3.8) is 0 Å². The van der Waals surface area contributed by atoms with Crippen LogP contribution in [-0.2, 0) is 6.42 Å². The fourth-order valence-corrected chi connectivity index (χ4v) is 1.15. The van der Waals surface area contributed by atoms with Crippen LogP contribution in [0.2, 0.25) is 0 Å². The van der Waals surface area contributed by atoms with Crippen LogP contribution in [0, 0.1) is 0 Å². The maximum Gasteiger partial charge on any atom is 0.227 e. The molecule has 0 saturated carbocycles. The summed E-state index contributed by atoms with van der Waals surface area (Å²) in [5.41, 5.74) is 0.189. The third-order valence-electron chi connectivity index (χ3n) is 1.88. The predicted molar refractivity (Wildman–Crippen MR) is 58.6 cm³/mol. The first-order chi connectivity index (χ1) is 7.08. The van der Waals surface area contributed by atoms with E-state index in [9.17, 15) is 0 Å². The lowest BCUT2D eigenvalue weighted by Crippen LogP contribution is -2.40. The molecule has 0 atom stereocenters. The average Bonchev–Trinajstić information content (AvgIpc) is 2.61. The minimum absolute atomic E-state index is 0.189. The molecule has 0 unspecified atom stereocenters. The van der Waals surface area contributed by atoms with E-state index in [-0.39, 0.29) is 5.54 Å². The van der Waals surface area contributed by atoms with Gasteiger partial charge in [-0.15, -0.1) is 0 Å². The van der Waals surface area contributed by atoms with Crippen molar-refractivity contribution in [2.45, 2.75) is 32.7 Å². The maximum atomic E-state index is 4.88. The number of nitrogens with zero attached hydrogens (tertiary/aromatic N) is 2. The van der Waals surface area contributed by atoms with Gasteiger partial charge in [-0.2, -0.15) is 4.98 Å². The Bertz CT molecular complexity index is 253. The van der Waals surface area contributed by atoms with E-state index in [0.29, 0.717) is 5.89 Å². The molecule has 0 amide bonds. The van der Waals surface area contributed by atoms with Gasteiger partial charge < -0.3 is 15.2 Å². The highest BCUT2D eigenvalue weighted by atomic mass is 16.5. The molecule has 0 radical (unpaired) electrons. The van der Waals surface area contributed by atoms with Gasteiger partial charge in [-0.25, -0.2) is 0 Å². The van der Waals surface area contributed by atoms with Gasteiger partial charge in [-0.05, 0) is 20.8 Å². The molecule has 0 fully saturated rings. The van der Waals surface area contributed by atoms with Gasteiger partial charge in [0.25, 0.3) is 0 Å². The number of rotatable bonds is 6. The Balaban J connectivity index is 1.94. The molecule has 86 valence electrons. The lowest BCUT2D eigenvalue weighted by molar-refractivity contribution is 0.373. The quantitative estimate of drug-likeness (QED) is 0.676. The first-order valence-electron chi connectivity index (χ1n) is 5.29. The summed E-state index contributed by atoms with van der Waals surface area (Å²) < 4.78 is 4.88. The van der Waals surface area contributed by atoms with Crippen molar-refractivity contribution in [1.82, 2.24) is 20.8 Å². The van der Waals surface area contributed by atoms with Crippen LogP contribution in [-0.4, -0.2) is 35.3 Å². The highest BCUT2D eigenvalue weighted by molar-refractivity contribution is 4.75. The van der Waals surface area contributed by atoms with E-state index in [1.54, 1.807) is 0 Å². The second kappa shape index (κ2) is 5.82. The van der Waals surface area contributed by atoms with Gasteiger partial charge in [0.05, 0.1) is 0 Å². The predicted octanol–water partition coefficient (Wildman–Crippen LogP) is 0.590. The number of hydrogen-bond donors (Lipinski definition) is 2. The van der Waals surface area contributed by atoms with Crippen molar-refractivity contribution in [2.24, 2.45) is 0 Å². The summed E-state index contributed by atoms with van der Waals surface area (Å²) in [7, 11) is 0. The van der Waals surface area contributed by atoms with Gasteiger partial charge in [-0.3, -0.25) is 0 Å². The van der Waals surface area contributed by atoms with Crippen LogP contribution >= 0.6 is 0 Å². The monoisotopic (exact) mass is 212 g/mol. The molecular formula is C10H20N4O. The van der Waals surface area contributed by atoms with E-state index in [4.69, 9.17) is 4.52 Å². The van der Waals surface area contributed by atoms with Gasteiger partial charge in [0.2, 0.25) is 5.89 Å². The molecule has 1 aromatic rings. The molecule has 5 nitrogen and oxygen atoms in total. The zero-order chi connectivity index (χ0) is 11.1. The van der Waals surface area contributed by atoms with Crippen molar-refractivity contribution in [1.29, 1.82) is 0 Å². The van der Waals surface area contributed by atoms with Gasteiger partial charge in [0.15, 0.2) is 6.33 Å². The minimum Gasteiger partial charge on any atom is -0.340 e. The third kappa shape index (κ3) is 6.19. The van der Waals surface area contributed by atoms with E-state index in [1.165, 1.54) is 6.33 Å².